The van der Waals surface area contributed by atoms with Crippen LogP contribution in [0.25, 0.3) is 6.08 Å². The standard InChI is InChI=1S/C31H37N7O4/c1-36(2)29(41)25-14-12-23(19-32-25)28(40)35-31(33-24-13-11-21-8-7-9-22(21)18-24)34-26-10-3-4-17-38(30(26)42)20-27(39)37-15-5-6-16-37/h7,9,11-14,18-19,26H,3-6,8,10,15-17,20H2,1-2H3,(H2,33,34,35,40)/t26-/m0/s1. The number of aliphatic imine (C=N–C) groups is 1. The molecule has 4 amide bonds. The Morgan fingerprint density at radius 1 is 1.05 bits per heavy atom. The number of hydrogen-bond acceptors (Lipinski definition) is 6. The summed E-state index contributed by atoms with van der Waals surface area (Å²) in [5.41, 5.74) is 3.46. The van der Waals surface area contributed by atoms with Crippen molar-refractivity contribution in [2.75, 3.05) is 45.6 Å². The van der Waals surface area contributed by atoms with Gasteiger partial charge in [-0.2, -0.15) is 0 Å². The van der Waals surface area contributed by atoms with Gasteiger partial charge in [-0.25, -0.2) is 4.99 Å². The molecular weight excluding hydrogens is 534 g/mol. The summed E-state index contributed by atoms with van der Waals surface area (Å²) < 4.78 is 0. The predicted octanol–water partition coefficient (Wildman–Crippen LogP) is 2.55. The van der Waals surface area contributed by atoms with E-state index in [-0.39, 0.29) is 41.5 Å². The van der Waals surface area contributed by atoms with Crippen LogP contribution in [0.15, 0.2) is 47.6 Å². The van der Waals surface area contributed by atoms with E-state index in [1.165, 1.54) is 28.8 Å². The van der Waals surface area contributed by atoms with Gasteiger partial charge in [0.2, 0.25) is 17.8 Å². The lowest BCUT2D eigenvalue weighted by molar-refractivity contribution is -0.140. The molecular formula is C31H37N7O4. The van der Waals surface area contributed by atoms with Gasteiger partial charge in [0.15, 0.2) is 0 Å². The van der Waals surface area contributed by atoms with E-state index in [0.29, 0.717) is 18.7 Å². The lowest BCUT2D eigenvalue weighted by atomic mass is 10.1. The molecule has 5 rings (SSSR count). The number of rotatable bonds is 6. The zero-order valence-corrected chi connectivity index (χ0v) is 24.1. The zero-order valence-electron chi connectivity index (χ0n) is 24.1. The van der Waals surface area contributed by atoms with Crippen molar-refractivity contribution in [2.45, 2.75) is 44.6 Å². The van der Waals surface area contributed by atoms with Crippen LogP contribution < -0.4 is 10.6 Å². The number of hydrogen-bond donors (Lipinski definition) is 2. The van der Waals surface area contributed by atoms with E-state index >= 15 is 0 Å². The van der Waals surface area contributed by atoms with Crippen LogP contribution in [0.2, 0.25) is 0 Å². The third kappa shape index (κ3) is 6.84. The molecule has 1 aliphatic carbocycles. The lowest BCUT2D eigenvalue weighted by Crippen LogP contribution is -2.45. The summed E-state index contributed by atoms with van der Waals surface area (Å²) in [7, 11) is 3.26. The summed E-state index contributed by atoms with van der Waals surface area (Å²) in [4.78, 5) is 65.6. The van der Waals surface area contributed by atoms with Gasteiger partial charge in [0.1, 0.15) is 11.7 Å². The Labute approximate surface area is 245 Å². The number of likely N-dealkylation sites (tertiary alicyclic amines) is 2. The van der Waals surface area contributed by atoms with E-state index in [0.717, 1.165) is 50.8 Å². The maximum Gasteiger partial charge on any atom is 0.271 e. The fraction of sp³-hybridized carbons (Fsp3) is 0.419. The van der Waals surface area contributed by atoms with E-state index in [1.807, 2.05) is 29.2 Å². The van der Waals surface area contributed by atoms with Crippen LogP contribution in [-0.4, -0.2) is 95.6 Å². The Hall–Kier alpha value is -4.54. The van der Waals surface area contributed by atoms with Crippen LogP contribution in [0, 0.1) is 0 Å². The minimum Gasteiger partial charge on any atom is -0.343 e. The van der Waals surface area contributed by atoms with Crippen molar-refractivity contribution in [2.24, 2.45) is 4.99 Å². The highest BCUT2D eigenvalue weighted by molar-refractivity contribution is 6.10. The number of aromatic nitrogens is 1. The van der Waals surface area contributed by atoms with Gasteiger partial charge in [-0.1, -0.05) is 18.2 Å². The Kier molecular flexibility index (Phi) is 8.94. The molecule has 11 heteroatoms. The second-order valence-corrected chi connectivity index (χ2v) is 11.1. The highest BCUT2D eigenvalue weighted by Gasteiger charge is 2.30. The van der Waals surface area contributed by atoms with Crippen molar-refractivity contribution in [3.8, 4) is 0 Å². The Morgan fingerprint density at radius 2 is 1.83 bits per heavy atom. The third-order valence-electron chi connectivity index (χ3n) is 7.75. The monoisotopic (exact) mass is 571 g/mol. The van der Waals surface area contributed by atoms with Gasteiger partial charge in [-0.05, 0) is 73.9 Å². The van der Waals surface area contributed by atoms with Crippen molar-refractivity contribution >= 4 is 41.4 Å². The first-order valence-corrected chi connectivity index (χ1v) is 14.5. The van der Waals surface area contributed by atoms with E-state index in [9.17, 15) is 19.2 Å². The second kappa shape index (κ2) is 13.0. The van der Waals surface area contributed by atoms with E-state index in [2.05, 4.69) is 21.7 Å². The number of pyridine rings is 1. The average Bonchev–Trinajstić information content (AvgIpc) is 3.67. The summed E-state index contributed by atoms with van der Waals surface area (Å²) in [6.07, 6.45) is 10.4. The molecule has 2 N–H and O–H groups in total. The summed E-state index contributed by atoms with van der Waals surface area (Å²) in [6.45, 7) is 2.01. The van der Waals surface area contributed by atoms with Crippen molar-refractivity contribution in [3.63, 3.8) is 0 Å². The van der Waals surface area contributed by atoms with Gasteiger partial charge in [-0.15, -0.1) is 0 Å². The van der Waals surface area contributed by atoms with Crippen LogP contribution in [-0.2, 0) is 16.0 Å². The lowest BCUT2D eigenvalue weighted by Gasteiger charge is -2.25. The molecule has 0 radical (unpaired) electrons. The minimum atomic E-state index is -0.755. The van der Waals surface area contributed by atoms with Crippen molar-refractivity contribution in [3.05, 3.63) is 65.0 Å². The van der Waals surface area contributed by atoms with Crippen LogP contribution in [0.5, 0.6) is 0 Å². The first-order valence-electron chi connectivity index (χ1n) is 14.5. The number of carbonyl (C=O) groups excluding carboxylic acids is 4. The normalized spacial score (nSPS) is 18.5. The largest absolute Gasteiger partial charge is 0.343 e. The second-order valence-electron chi connectivity index (χ2n) is 11.1. The van der Waals surface area contributed by atoms with Crippen molar-refractivity contribution in [1.29, 1.82) is 0 Å². The molecule has 2 aliphatic heterocycles. The quantitative estimate of drug-likeness (QED) is 0.405. The van der Waals surface area contributed by atoms with Crippen molar-refractivity contribution < 1.29 is 19.2 Å². The molecule has 1 aromatic heterocycles. The number of carbonyl (C=O) groups is 4. The Balaban J connectivity index is 1.37. The van der Waals surface area contributed by atoms with Crippen LogP contribution in [0.1, 0.15) is 64.1 Å². The Bertz CT molecular complexity index is 1410. The highest BCUT2D eigenvalue weighted by atomic mass is 16.2. The number of allylic oxidation sites excluding steroid dienone is 1. The van der Waals surface area contributed by atoms with Gasteiger partial charge in [0.25, 0.3) is 11.8 Å². The molecule has 2 fully saturated rings. The zero-order chi connectivity index (χ0) is 29.6. The molecule has 0 unspecified atom stereocenters. The fourth-order valence-corrected chi connectivity index (χ4v) is 5.37. The van der Waals surface area contributed by atoms with Gasteiger partial charge in [-0.3, -0.25) is 29.5 Å². The molecule has 0 saturated carbocycles. The van der Waals surface area contributed by atoms with Crippen LogP contribution in [0.4, 0.5) is 5.69 Å². The molecule has 11 nitrogen and oxygen atoms in total. The van der Waals surface area contributed by atoms with Gasteiger partial charge >= 0.3 is 0 Å². The average molecular weight is 572 g/mol. The van der Waals surface area contributed by atoms with Crippen LogP contribution in [0.3, 0.4) is 0 Å². The van der Waals surface area contributed by atoms with E-state index in [4.69, 9.17) is 4.99 Å². The summed E-state index contributed by atoms with van der Waals surface area (Å²) >= 11 is 0. The molecule has 2 saturated heterocycles. The smallest absolute Gasteiger partial charge is 0.271 e. The topological polar surface area (TPSA) is 127 Å². The number of guanidine groups is 1. The van der Waals surface area contributed by atoms with Gasteiger partial charge in [0, 0.05) is 45.6 Å². The van der Waals surface area contributed by atoms with Gasteiger partial charge < -0.3 is 20.0 Å². The highest BCUT2D eigenvalue weighted by Crippen LogP contribution is 2.23. The third-order valence-corrected chi connectivity index (χ3v) is 7.75. The van der Waals surface area contributed by atoms with Crippen LogP contribution >= 0.6 is 0 Å². The predicted molar refractivity (Wildman–Crippen MR) is 160 cm³/mol. The Morgan fingerprint density at radius 3 is 2.57 bits per heavy atom. The summed E-state index contributed by atoms with van der Waals surface area (Å²) in [5.74, 6) is -0.885. The molecule has 0 bridgehead atoms. The molecule has 3 aliphatic rings. The fourth-order valence-electron chi connectivity index (χ4n) is 5.37. The maximum atomic E-state index is 13.6. The number of benzene rings is 1. The first-order chi connectivity index (χ1) is 20.3. The minimum absolute atomic E-state index is 0.0352. The van der Waals surface area contributed by atoms with Crippen molar-refractivity contribution in [1.82, 2.24) is 25.0 Å². The molecule has 1 atom stereocenters. The number of nitrogens with one attached hydrogen (secondary N) is 2. The SMILES string of the molecule is CN(C)C(=O)c1ccc(C(=O)NC(=N[C@H]2CCCCN(CC(=O)N3CCCC3)C2=O)Nc2ccc3c(c2)C=CC3)cn1. The molecule has 1 aromatic carbocycles. The summed E-state index contributed by atoms with van der Waals surface area (Å²) in [6, 6.07) is 8.17. The number of nitrogens with zero attached hydrogens (tertiary/aromatic N) is 5. The number of amides is 4. The number of fused-ring (bicyclic) bond motifs is 1. The molecule has 0 spiro atoms. The molecule has 220 valence electrons. The number of anilines is 1. The molecule has 2 aromatic rings. The summed E-state index contributed by atoms with van der Waals surface area (Å²) in [5, 5.41) is 6.01. The maximum absolute atomic E-state index is 13.6. The first kappa shape index (κ1) is 29.0. The van der Waals surface area contributed by atoms with E-state index in [1.54, 1.807) is 19.0 Å². The van der Waals surface area contributed by atoms with Gasteiger partial charge in [0.05, 0.1) is 12.1 Å². The molecule has 3 heterocycles. The molecule has 42 heavy (non-hydrogen) atoms. The van der Waals surface area contributed by atoms with E-state index < -0.39 is 11.9 Å².